The lowest BCUT2D eigenvalue weighted by Crippen LogP contribution is -2.36. The van der Waals surface area contributed by atoms with E-state index in [0.29, 0.717) is 36.1 Å². The topological polar surface area (TPSA) is 51.6 Å². The molecule has 202 valence electrons. The van der Waals surface area contributed by atoms with Crippen LogP contribution in [0.25, 0.3) is 0 Å². The molecule has 0 spiro atoms. The zero-order valence-electron chi connectivity index (χ0n) is 21.2. The lowest BCUT2D eigenvalue weighted by Gasteiger charge is -2.27. The molecule has 1 N–H and O–H groups in total. The fourth-order valence-corrected chi connectivity index (χ4v) is 4.69. The molecular formula is C29H27F3N4O2S. The van der Waals surface area contributed by atoms with Gasteiger partial charge in [0.25, 0.3) is 0 Å². The number of anilines is 1. The molecule has 0 amide bonds. The molecule has 0 saturated heterocycles. The second-order valence-corrected chi connectivity index (χ2v) is 9.71. The van der Waals surface area contributed by atoms with Crippen LogP contribution in [-0.2, 0) is 25.7 Å². The molecule has 1 aliphatic rings. The average Bonchev–Trinajstić information content (AvgIpc) is 3.56. The third-order valence-corrected chi connectivity index (χ3v) is 6.86. The summed E-state index contributed by atoms with van der Waals surface area (Å²) in [5, 5.41) is 3.53. The van der Waals surface area contributed by atoms with E-state index in [-0.39, 0.29) is 18.9 Å². The summed E-state index contributed by atoms with van der Waals surface area (Å²) < 4.78 is 54.1. The van der Waals surface area contributed by atoms with Gasteiger partial charge in [0.2, 0.25) is 6.79 Å². The molecule has 0 unspecified atom stereocenters. The van der Waals surface area contributed by atoms with Gasteiger partial charge in [0.05, 0.1) is 11.9 Å². The van der Waals surface area contributed by atoms with Crippen molar-refractivity contribution in [2.45, 2.75) is 32.6 Å². The van der Waals surface area contributed by atoms with Crippen LogP contribution in [0.1, 0.15) is 27.9 Å². The maximum absolute atomic E-state index is 13.7. The van der Waals surface area contributed by atoms with Crippen molar-refractivity contribution in [3.05, 3.63) is 107 Å². The summed E-state index contributed by atoms with van der Waals surface area (Å²) in [6, 6.07) is 19.1. The van der Waals surface area contributed by atoms with Crippen LogP contribution in [0.4, 0.5) is 18.9 Å². The van der Waals surface area contributed by atoms with E-state index in [1.165, 1.54) is 12.1 Å². The normalized spacial score (nSPS) is 12.4. The highest BCUT2D eigenvalue weighted by atomic mass is 32.1. The summed E-state index contributed by atoms with van der Waals surface area (Å²) in [5.74, 6) is 1.42. The average molecular weight is 553 g/mol. The molecule has 5 rings (SSSR count). The highest BCUT2D eigenvalue weighted by molar-refractivity contribution is 7.80. The van der Waals surface area contributed by atoms with Crippen LogP contribution in [0, 0.1) is 6.92 Å². The second kappa shape index (κ2) is 11.4. The predicted molar refractivity (Wildman–Crippen MR) is 147 cm³/mol. The van der Waals surface area contributed by atoms with Gasteiger partial charge in [-0.05, 0) is 60.6 Å². The standard InChI is InChI=1S/C29H27F3N4O2S/c1-20-6-9-23(10-7-20)34-28(39)35(17-22-4-2-3-5-25(22)29(30,31)32)13-12-24-15-33-18-36(24)16-21-8-11-26-27(14-21)38-19-37-26/h2-11,14-15,18H,12-13,16-17,19H2,1H3,(H,34,39). The first-order valence-electron chi connectivity index (χ1n) is 12.4. The van der Waals surface area contributed by atoms with Gasteiger partial charge >= 0.3 is 6.18 Å². The minimum atomic E-state index is -4.46. The van der Waals surface area contributed by atoms with E-state index in [2.05, 4.69) is 10.3 Å². The van der Waals surface area contributed by atoms with Crippen molar-refractivity contribution >= 4 is 23.0 Å². The smallest absolute Gasteiger partial charge is 0.416 e. The second-order valence-electron chi connectivity index (χ2n) is 9.32. The monoisotopic (exact) mass is 552 g/mol. The number of fused-ring (bicyclic) bond motifs is 1. The first kappa shape index (κ1) is 26.6. The number of imidazole rings is 1. The summed E-state index contributed by atoms with van der Waals surface area (Å²) >= 11 is 5.69. The number of halogens is 3. The number of benzene rings is 3. The predicted octanol–water partition coefficient (Wildman–Crippen LogP) is 6.43. The van der Waals surface area contributed by atoms with Gasteiger partial charge in [0.1, 0.15) is 0 Å². The molecule has 0 bridgehead atoms. The Labute approximate surface area is 230 Å². The van der Waals surface area contributed by atoms with Crippen molar-refractivity contribution in [2.75, 3.05) is 18.7 Å². The van der Waals surface area contributed by atoms with E-state index in [4.69, 9.17) is 21.7 Å². The van der Waals surface area contributed by atoms with E-state index in [9.17, 15) is 13.2 Å². The summed E-state index contributed by atoms with van der Waals surface area (Å²) in [4.78, 5) is 6.07. The van der Waals surface area contributed by atoms with Crippen molar-refractivity contribution < 1.29 is 22.6 Å². The molecule has 0 saturated carbocycles. The SMILES string of the molecule is Cc1ccc(NC(=S)N(CCc2cncn2Cc2ccc3c(c2)OCO3)Cc2ccccc2C(F)(F)F)cc1. The molecule has 2 heterocycles. The molecule has 10 heteroatoms. The molecule has 0 radical (unpaired) electrons. The molecule has 0 atom stereocenters. The molecule has 3 aromatic carbocycles. The third-order valence-electron chi connectivity index (χ3n) is 6.50. The first-order valence-corrected chi connectivity index (χ1v) is 12.8. The quantitative estimate of drug-likeness (QED) is 0.254. The van der Waals surface area contributed by atoms with E-state index >= 15 is 0 Å². The third kappa shape index (κ3) is 6.51. The van der Waals surface area contributed by atoms with Gasteiger partial charge in [-0.25, -0.2) is 4.98 Å². The lowest BCUT2D eigenvalue weighted by molar-refractivity contribution is -0.138. The van der Waals surface area contributed by atoms with Crippen LogP contribution in [0.2, 0.25) is 0 Å². The molecular weight excluding hydrogens is 525 g/mol. The number of aryl methyl sites for hydroxylation is 1. The Morgan fingerprint density at radius 1 is 1.05 bits per heavy atom. The van der Waals surface area contributed by atoms with Crippen molar-refractivity contribution in [2.24, 2.45) is 0 Å². The van der Waals surface area contributed by atoms with Crippen molar-refractivity contribution in [1.29, 1.82) is 0 Å². The summed E-state index contributed by atoms with van der Waals surface area (Å²) in [7, 11) is 0. The highest BCUT2D eigenvalue weighted by Crippen LogP contribution is 2.33. The maximum Gasteiger partial charge on any atom is 0.416 e. The summed E-state index contributed by atoms with van der Waals surface area (Å²) in [6.07, 6.45) is -0.427. The number of hydrogen-bond acceptors (Lipinski definition) is 4. The van der Waals surface area contributed by atoms with Gasteiger partial charge in [-0.15, -0.1) is 0 Å². The number of nitrogens with zero attached hydrogens (tertiary/aromatic N) is 3. The van der Waals surface area contributed by atoms with Crippen LogP contribution in [0.15, 0.2) is 79.3 Å². The molecule has 4 aromatic rings. The number of hydrogen-bond donors (Lipinski definition) is 1. The van der Waals surface area contributed by atoms with E-state index in [0.717, 1.165) is 28.6 Å². The van der Waals surface area contributed by atoms with Gasteiger partial charge in [-0.3, -0.25) is 0 Å². The molecule has 1 aromatic heterocycles. The fourth-order valence-electron chi connectivity index (χ4n) is 4.42. The van der Waals surface area contributed by atoms with E-state index in [1.54, 1.807) is 23.5 Å². The van der Waals surface area contributed by atoms with Crippen LogP contribution >= 0.6 is 12.2 Å². The number of rotatable bonds is 8. The molecule has 39 heavy (non-hydrogen) atoms. The van der Waals surface area contributed by atoms with Gasteiger partial charge in [0, 0.05) is 43.6 Å². The number of aromatic nitrogens is 2. The van der Waals surface area contributed by atoms with Crippen LogP contribution in [0.3, 0.4) is 0 Å². The van der Waals surface area contributed by atoms with E-state index in [1.807, 2.05) is 54.0 Å². The van der Waals surface area contributed by atoms with Gasteiger partial charge in [-0.2, -0.15) is 13.2 Å². The Morgan fingerprint density at radius 2 is 1.82 bits per heavy atom. The minimum Gasteiger partial charge on any atom is -0.454 e. The summed E-state index contributed by atoms with van der Waals surface area (Å²) in [5.41, 5.74) is 3.31. The van der Waals surface area contributed by atoms with Crippen LogP contribution in [0.5, 0.6) is 11.5 Å². The number of alkyl halides is 3. The molecule has 0 aliphatic carbocycles. The fraction of sp³-hybridized carbons (Fsp3) is 0.241. The van der Waals surface area contributed by atoms with E-state index < -0.39 is 11.7 Å². The maximum atomic E-state index is 13.7. The Morgan fingerprint density at radius 3 is 2.62 bits per heavy atom. The van der Waals surface area contributed by atoms with Crippen molar-refractivity contribution in [1.82, 2.24) is 14.5 Å². The highest BCUT2D eigenvalue weighted by Gasteiger charge is 2.33. The number of nitrogens with one attached hydrogen (secondary N) is 1. The Bertz CT molecular complexity index is 1450. The zero-order valence-corrected chi connectivity index (χ0v) is 22.1. The van der Waals surface area contributed by atoms with Crippen LogP contribution < -0.4 is 14.8 Å². The Kier molecular flexibility index (Phi) is 7.74. The zero-order chi connectivity index (χ0) is 27.4. The first-order chi connectivity index (χ1) is 18.8. The lowest BCUT2D eigenvalue weighted by atomic mass is 10.1. The number of thiocarbonyl (C=S) groups is 1. The molecule has 0 fully saturated rings. The van der Waals surface area contributed by atoms with Crippen molar-refractivity contribution in [3.63, 3.8) is 0 Å². The molecule has 6 nitrogen and oxygen atoms in total. The molecule has 1 aliphatic heterocycles. The van der Waals surface area contributed by atoms with Crippen LogP contribution in [-0.4, -0.2) is 32.9 Å². The Balaban J connectivity index is 1.34. The van der Waals surface area contributed by atoms with Gasteiger partial charge in [-0.1, -0.05) is 42.0 Å². The number of ether oxygens (including phenoxy) is 2. The van der Waals surface area contributed by atoms with Crippen molar-refractivity contribution in [3.8, 4) is 11.5 Å². The Hall–Kier alpha value is -4.05. The van der Waals surface area contributed by atoms with Gasteiger partial charge in [0.15, 0.2) is 16.6 Å². The summed E-state index contributed by atoms with van der Waals surface area (Å²) in [6.45, 7) is 3.14. The van der Waals surface area contributed by atoms with Gasteiger partial charge < -0.3 is 24.3 Å². The largest absolute Gasteiger partial charge is 0.454 e. The minimum absolute atomic E-state index is 0.00365.